The summed E-state index contributed by atoms with van der Waals surface area (Å²) in [7, 11) is 0. The number of allylic oxidation sites excluding steroid dienone is 1. The van der Waals surface area contributed by atoms with Crippen molar-refractivity contribution in [2.45, 2.75) is 45.1 Å². The molecule has 0 aliphatic rings. The topological polar surface area (TPSA) is 35.2 Å². The van der Waals surface area contributed by atoms with Gasteiger partial charge in [0.1, 0.15) is 0 Å². The normalized spacial score (nSPS) is 12.8. The molecule has 0 rings (SSSR count). The van der Waals surface area contributed by atoms with Gasteiger partial charge in [-0.1, -0.05) is 6.08 Å². The van der Waals surface area contributed by atoms with E-state index in [0.29, 0.717) is 6.04 Å². The first kappa shape index (κ1) is 12.7. The van der Waals surface area contributed by atoms with Gasteiger partial charge >= 0.3 is 0 Å². The zero-order chi connectivity index (χ0) is 9.94. The Labute approximate surface area is 82.2 Å². The predicted octanol–water partition coefficient (Wildman–Crippen LogP) is 2.49. The highest BCUT2D eigenvalue weighted by Gasteiger charge is 2.00. The number of ether oxygens (including phenoxy) is 1. The molecule has 0 radical (unpaired) electrons. The molecule has 0 amide bonds. The average Bonchev–Trinajstić information content (AvgIpc) is 2.13. The quantitative estimate of drug-likeness (QED) is 0.442. The summed E-state index contributed by atoms with van der Waals surface area (Å²) in [6.07, 6.45) is 7.48. The fraction of sp³-hybridized carbons (Fsp3) is 0.818. The fourth-order valence-electron chi connectivity index (χ4n) is 1.26. The molecule has 2 N–H and O–H groups in total. The lowest BCUT2D eigenvalue weighted by atomic mass is 10.1. The van der Waals surface area contributed by atoms with E-state index >= 15 is 0 Å². The van der Waals surface area contributed by atoms with Crippen LogP contribution in [0.1, 0.15) is 39.0 Å². The van der Waals surface area contributed by atoms with Crippen molar-refractivity contribution >= 4 is 0 Å². The Morgan fingerprint density at radius 1 is 1.38 bits per heavy atom. The molecule has 0 aromatic rings. The molecule has 0 saturated carbocycles. The van der Waals surface area contributed by atoms with Crippen molar-refractivity contribution in [1.29, 1.82) is 0 Å². The summed E-state index contributed by atoms with van der Waals surface area (Å²) in [6.45, 7) is 7.37. The second-order valence-electron chi connectivity index (χ2n) is 3.32. The third-order valence-corrected chi connectivity index (χ3v) is 2.05. The maximum atomic E-state index is 5.91. The SMILES string of the molecule is C=CCCCC(N)CCCOCC. The van der Waals surface area contributed by atoms with E-state index in [1.807, 2.05) is 13.0 Å². The van der Waals surface area contributed by atoms with Crippen LogP contribution < -0.4 is 5.73 Å². The molecule has 0 fully saturated rings. The molecular formula is C11H23NO. The summed E-state index contributed by atoms with van der Waals surface area (Å²) < 4.78 is 5.24. The molecule has 0 saturated heterocycles. The molecule has 0 aromatic carbocycles. The maximum Gasteiger partial charge on any atom is 0.0466 e. The molecular weight excluding hydrogens is 162 g/mol. The van der Waals surface area contributed by atoms with Crippen LogP contribution in [0, 0.1) is 0 Å². The zero-order valence-corrected chi connectivity index (χ0v) is 8.80. The van der Waals surface area contributed by atoms with E-state index in [9.17, 15) is 0 Å². The van der Waals surface area contributed by atoms with E-state index in [2.05, 4.69) is 6.58 Å². The Balaban J connectivity index is 3.09. The van der Waals surface area contributed by atoms with Crippen molar-refractivity contribution < 1.29 is 4.74 Å². The highest BCUT2D eigenvalue weighted by Crippen LogP contribution is 2.04. The number of hydrogen-bond donors (Lipinski definition) is 1. The summed E-state index contributed by atoms with van der Waals surface area (Å²) in [6, 6.07) is 0.348. The van der Waals surface area contributed by atoms with Crippen LogP contribution >= 0.6 is 0 Å². The van der Waals surface area contributed by atoms with Crippen LogP contribution in [-0.2, 0) is 4.74 Å². The molecule has 2 heteroatoms. The third kappa shape index (κ3) is 9.57. The van der Waals surface area contributed by atoms with Gasteiger partial charge in [-0.05, 0) is 39.0 Å². The molecule has 0 heterocycles. The molecule has 0 spiro atoms. The van der Waals surface area contributed by atoms with Gasteiger partial charge in [-0.25, -0.2) is 0 Å². The van der Waals surface area contributed by atoms with Crippen molar-refractivity contribution in [3.63, 3.8) is 0 Å². The second kappa shape index (κ2) is 9.75. The van der Waals surface area contributed by atoms with Crippen LogP contribution in [0.15, 0.2) is 12.7 Å². The lowest BCUT2D eigenvalue weighted by Crippen LogP contribution is -2.20. The van der Waals surface area contributed by atoms with Gasteiger partial charge in [0.15, 0.2) is 0 Å². The molecule has 0 bridgehead atoms. The van der Waals surface area contributed by atoms with Gasteiger partial charge in [0, 0.05) is 19.3 Å². The number of hydrogen-bond acceptors (Lipinski definition) is 2. The third-order valence-electron chi connectivity index (χ3n) is 2.05. The van der Waals surface area contributed by atoms with Crippen LogP contribution in [-0.4, -0.2) is 19.3 Å². The van der Waals surface area contributed by atoms with Crippen molar-refractivity contribution in [3.05, 3.63) is 12.7 Å². The lowest BCUT2D eigenvalue weighted by molar-refractivity contribution is 0.141. The van der Waals surface area contributed by atoms with E-state index in [1.165, 1.54) is 6.42 Å². The van der Waals surface area contributed by atoms with Crippen LogP contribution in [0.5, 0.6) is 0 Å². The zero-order valence-electron chi connectivity index (χ0n) is 8.80. The van der Waals surface area contributed by atoms with Crippen molar-refractivity contribution in [2.24, 2.45) is 5.73 Å². The van der Waals surface area contributed by atoms with Gasteiger partial charge in [-0.3, -0.25) is 0 Å². The average molecular weight is 185 g/mol. The van der Waals surface area contributed by atoms with E-state index in [1.54, 1.807) is 0 Å². The molecule has 1 unspecified atom stereocenters. The number of nitrogens with two attached hydrogens (primary N) is 1. The molecule has 0 aliphatic heterocycles. The van der Waals surface area contributed by atoms with Gasteiger partial charge in [0.05, 0.1) is 0 Å². The van der Waals surface area contributed by atoms with Crippen molar-refractivity contribution in [2.75, 3.05) is 13.2 Å². The minimum absolute atomic E-state index is 0.348. The summed E-state index contributed by atoms with van der Waals surface area (Å²) in [5, 5.41) is 0. The Hall–Kier alpha value is -0.340. The van der Waals surface area contributed by atoms with Crippen LogP contribution in [0.4, 0.5) is 0 Å². The first-order valence-corrected chi connectivity index (χ1v) is 5.25. The Morgan fingerprint density at radius 2 is 2.08 bits per heavy atom. The highest BCUT2D eigenvalue weighted by atomic mass is 16.5. The Morgan fingerprint density at radius 3 is 2.69 bits per heavy atom. The molecule has 2 nitrogen and oxygen atoms in total. The van der Waals surface area contributed by atoms with Crippen molar-refractivity contribution in [1.82, 2.24) is 0 Å². The smallest absolute Gasteiger partial charge is 0.0466 e. The summed E-state index contributed by atoms with van der Waals surface area (Å²) >= 11 is 0. The molecule has 0 aliphatic carbocycles. The van der Waals surface area contributed by atoms with Gasteiger partial charge in [0.25, 0.3) is 0 Å². The van der Waals surface area contributed by atoms with Gasteiger partial charge in [-0.15, -0.1) is 6.58 Å². The summed E-state index contributed by atoms with van der Waals surface area (Å²) in [5.74, 6) is 0. The van der Waals surface area contributed by atoms with E-state index < -0.39 is 0 Å². The largest absolute Gasteiger partial charge is 0.382 e. The summed E-state index contributed by atoms with van der Waals surface area (Å²) in [4.78, 5) is 0. The Bertz CT molecular complexity index is 115. The first-order chi connectivity index (χ1) is 6.31. The van der Waals surface area contributed by atoms with Crippen LogP contribution in [0.3, 0.4) is 0 Å². The van der Waals surface area contributed by atoms with E-state index in [-0.39, 0.29) is 0 Å². The molecule has 78 valence electrons. The standard InChI is InChI=1S/C11H23NO/c1-3-5-6-8-11(12)9-7-10-13-4-2/h3,11H,1,4-10,12H2,2H3. The fourth-order valence-corrected chi connectivity index (χ4v) is 1.26. The van der Waals surface area contributed by atoms with E-state index in [0.717, 1.165) is 38.9 Å². The molecule has 0 aromatic heterocycles. The van der Waals surface area contributed by atoms with Crippen LogP contribution in [0.2, 0.25) is 0 Å². The van der Waals surface area contributed by atoms with Gasteiger partial charge in [-0.2, -0.15) is 0 Å². The monoisotopic (exact) mass is 185 g/mol. The van der Waals surface area contributed by atoms with Gasteiger partial charge < -0.3 is 10.5 Å². The maximum absolute atomic E-state index is 5.91. The minimum Gasteiger partial charge on any atom is -0.382 e. The number of rotatable bonds is 9. The first-order valence-electron chi connectivity index (χ1n) is 5.25. The highest BCUT2D eigenvalue weighted by molar-refractivity contribution is 4.69. The Kier molecular flexibility index (Phi) is 9.49. The van der Waals surface area contributed by atoms with Gasteiger partial charge in [0.2, 0.25) is 0 Å². The summed E-state index contributed by atoms with van der Waals surface area (Å²) in [5.41, 5.74) is 5.91. The van der Waals surface area contributed by atoms with Crippen molar-refractivity contribution in [3.8, 4) is 0 Å². The lowest BCUT2D eigenvalue weighted by Gasteiger charge is -2.10. The van der Waals surface area contributed by atoms with Crippen LogP contribution in [0.25, 0.3) is 0 Å². The minimum atomic E-state index is 0.348. The predicted molar refractivity (Wildman–Crippen MR) is 57.8 cm³/mol. The molecule has 13 heavy (non-hydrogen) atoms. The molecule has 1 atom stereocenters. The number of unbranched alkanes of at least 4 members (excludes halogenated alkanes) is 1. The van der Waals surface area contributed by atoms with E-state index in [4.69, 9.17) is 10.5 Å². The second-order valence-corrected chi connectivity index (χ2v) is 3.32.